The Balaban J connectivity index is -0.0000000238. The average Bonchev–Trinajstić information content (AvgIpc) is 2.39. The molecule has 232 valence electrons. The summed E-state index contributed by atoms with van der Waals surface area (Å²) in [5.41, 5.74) is 0. The maximum atomic E-state index is 7.17. The molecule has 38 heteroatoms. The largest absolute Gasteiger partial charge is 0.631 e. The van der Waals surface area contributed by atoms with Gasteiger partial charge in [-0.15, -0.1) is 0 Å². The zero-order valence-electron chi connectivity index (χ0n) is 18.7. The third-order valence-corrected chi connectivity index (χ3v) is 0. The third-order valence-electron chi connectivity index (χ3n) is 0. The molecule has 29 nitrogen and oxygen atoms in total. The molecular weight excluding hydrogens is 557 g/mol. The molecule has 0 aliphatic heterocycles. The summed E-state index contributed by atoms with van der Waals surface area (Å²) in [4.78, 5) is 0. The van der Waals surface area contributed by atoms with Crippen LogP contribution in [-0.4, -0.2) is 202 Å². The van der Waals surface area contributed by atoms with E-state index in [0.29, 0.717) is 0 Å². The Morgan fingerprint density at radius 2 is 0.132 bits per heavy atom. The van der Waals surface area contributed by atoms with E-state index in [1.807, 2.05) is 0 Å². The van der Waals surface area contributed by atoms with Crippen LogP contribution in [0, 0.1) is 0 Å². The Morgan fingerprint density at radius 1 is 0.132 bits per heavy atom. The summed E-state index contributed by atoms with van der Waals surface area (Å²) in [6.45, 7) is 0. The van der Waals surface area contributed by atoms with E-state index in [0.717, 1.165) is 0 Å². The molecule has 0 aliphatic rings. The van der Waals surface area contributed by atoms with Crippen molar-refractivity contribution in [2.45, 2.75) is 0 Å². The van der Waals surface area contributed by atoms with Crippen LogP contribution >= 0.6 is 0 Å². The molecule has 0 heterocycles. The highest BCUT2D eigenvalue weighted by Gasteiger charge is 1.95. The molecule has 0 amide bonds. The Bertz CT molecular complexity index is 169. The number of rotatable bonds is 0. The van der Waals surface area contributed by atoms with E-state index in [4.69, 9.17) is 136 Å². The lowest BCUT2D eigenvalue weighted by Gasteiger charge is -1.69. The van der Waals surface area contributed by atoms with Gasteiger partial charge in [-0.1, -0.05) is 0 Å². The molecule has 0 aliphatic carbocycles. The number of hydrogen-bond donors (Lipinski definition) is 29. The predicted molar refractivity (Wildman–Crippen MR) is 122 cm³/mol. The van der Waals surface area contributed by atoms with Crippen LogP contribution in [0.25, 0.3) is 0 Å². The van der Waals surface area contributed by atoms with Crippen molar-refractivity contribution in [3.8, 4) is 0 Å². The van der Waals surface area contributed by atoms with Crippen molar-refractivity contribution in [3.63, 3.8) is 0 Å². The lowest BCUT2D eigenvalue weighted by atomic mass is 10.3. The molecule has 0 saturated heterocycles. The maximum absolute atomic E-state index is 7.17. The fraction of sp³-hybridized carbons (Fsp3) is 0. The van der Waals surface area contributed by atoms with Crippen LogP contribution < -0.4 is 12.3 Å². The summed E-state index contributed by atoms with van der Waals surface area (Å²) in [7, 11) is -19.5. The first-order valence-corrected chi connectivity index (χ1v) is 6.97. The molecule has 0 aromatic heterocycles. The fourth-order valence-electron chi connectivity index (χ4n) is 0. The van der Waals surface area contributed by atoms with Crippen molar-refractivity contribution in [1.82, 2.24) is 12.3 Å². The van der Waals surface area contributed by atoms with E-state index in [2.05, 4.69) is 0 Å². The third kappa shape index (κ3) is 127000. The molecule has 0 unspecified atom stereocenters. The van der Waals surface area contributed by atoms with Gasteiger partial charge < -0.3 is 148 Å². The van der Waals surface area contributed by atoms with Crippen molar-refractivity contribution in [1.29, 1.82) is 0 Å². The van der Waals surface area contributed by atoms with Crippen molar-refractivity contribution >= 4 is 65.9 Å². The minimum atomic E-state index is -2.17. The summed E-state index contributed by atoms with van der Waals surface area (Å²) in [6.07, 6.45) is 0. The Morgan fingerprint density at radius 3 is 0.132 bits per heavy atom. The van der Waals surface area contributed by atoms with Crippen molar-refractivity contribution < 1.29 is 136 Å². The molecule has 38 heavy (non-hydrogen) atoms. The second-order valence-electron chi connectivity index (χ2n) is 3.12. The van der Waals surface area contributed by atoms with Crippen LogP contribution in [0.3, 0.4) is 0 Å². The lowest BCUT2D eigenvalue weighted by molar-refractivity contribution is 0.276. The quantitative estimate of drug-likeness (QED) is 0.116. The second-order valence-corrected chi connectivity index (χ2v) is 3.12. The van der Waals surface area contributed by atoms with Gasteiger partial charge in [0.15, 0.2) is 0 Å². The van der Waals surface area contributed by atoms with Crippen LogP contribution in [0.1, 0.15) is 0 Å². The van der Waals surface area contributed by atoms with Crippen LogP contribution in [0.15, 0.2) is 0 Å². The van der Waals surface area contributed by atoms with Gasteiger partial charge in [-0.2, -0.15) is 0 Å². The molecule has 0 fully saturated rings. The van der Waals surface area contributed by atoms with Gasteiger partial charge in [-0.05, 0) is 0 Å². The molecule has 0 spiro atoms. The van der Waals surface area contributed by atoms with Gasteiger partial charge in [0.05, 0.1) is 0 Å². The first-order valence-electron chi connectivity index (χ1n) is 6.97. The normalized spacial score (nSPS) is 6.39. The molecule has 0 bridgehead atoms. The van der Waals surface area contributed by atoms with Crippen LogP contribution in [-0.2, 0) is 0 Å². The van der Waals surface area contributed by atoms with E-state index in [1.54, 1.807) is 0 Å². The summed E-state index contributed by atoms with van der Waals surface area (Å²) >= 11 is 0. The molecule has 33 N–H and O–H groups in total. The minimum absolute atomic E-state index is 0. The highest BCUT2D eigenvalue weighted by molar-refractivity contribution is 6.32. The molecule has 0 aromatic carbocycles. The molecule has 0 saturated carbocycles. The predicted octanol–water partition coefficient (Wildman–Crippen LogP) is -18.1. The van der Waals surface area contributed by atoms with Crippen molar-refractivity contribution in [2.75, 3.05) is 0 Å². The van der Waals surface area contributed by atoms with Gasteiger partial charge in [0.2, 0.25) is 0 Å². The zero-order chi connectivity index (χ0) is 32.2. The van der Waals surface area contributed by atoms with E-state index < -0.39 is 65.9 Å². The maximum Gasteiger partial charge on any atom is 0.631 e. The Kier molecular flexibility index (Phi) is 122. The molecule has 0 radical (unpaired) electrons. The smallest absolute Gasteiger partial charge is 0.402 e. The SMILES string of the molecule is N.N.OB(O)O.OB(O)O.OB(O)O.OB(O)O.OB(O)O.OB(O)O.OB(O)O.OB(O)O.OB(O)O. The molecular formula is H33B9N2O27. The van der Waals surface area contributed by atoms with Gasteiger partial charge in [0, 0.05) is 0 Å². The average molecular weight is 591 g/mol. The molecule has 0 rings (SSSR count). The van der Waals surface area contributed by atoms with Gasteiger partial charge in [-0.3, -0.25) is 0 Å². The molecule has 0 aromatic rings. The van der Waals surface area contributed by atoms with Crippen molar-refractivity contribution in [2.24, 2.45) is 0 Å². The summed E-state index contributed by atoms with van der Waals surface area (Å²) < 4.78 is 0. The van der Waals surface area contributed by atoms with Gasteiger partial charge in [-0.25, -0.2) is 0 Å². The lowest BCUT2D eigenvalue weighted by Crippen LogP contribution is -2.07. The standard InChI is InChI=1S/9BH3O3.2H3N/c9*2-1(3)4;;/h9*2-4H;2*1H3. The topological polar surface area (TPSA) is 616 Å². The van der Waals surface area contributed by atoms with Crippen LogP contribution in [0.5, 0.6) is 0 Å². The summed E-state index contributed by atoms with van der Waals surface area (Å²) in [5, 5.41) is 193. The monoisotopic (exact) mass is 592 g/mol. The van der Waals surface area contributed by atoms with E-state index in [1.165, 1.54) is 0 Å². The van der Waals surface area contributed by atoms with Crippen molar-refractivity contribution in [3.05, 3.63) is 0 Å². The Hall–Kier alpha value is -0.576. The summed E-state index contributed by atoms with van der Waals surface area (Å²) in [5.74, 6) is 0. The Labute approximate surface area is 214 Å². The van der Waals surface area contributed by atoms with Gasteiger partial charge >= 0.3 is 65.9 Å². The minimum Gasteiger partial charge on any atom is -0.402 e. The first kappa shape index (κ1) is 71.1. The number of hydrogen-bond acceptors (Lipinski definition) is 29. The highest BCUT2D eigenvalue weighted by Crippen LogP contribution is 1.43. The van der Waals surface area contributed by atoms with E-state index in [-0.39, 0.29) is 12.3 Å². The van der Waals surface area contributed by atoms with E-state index >= 15 is 0 Å². The van der Waals surface area contributed by atoms with Crippen LogP contribution in [0.2, 0.25) is 0 Å². The van der Waals surface area contributed by atoms with Gasteiger partial charge in [0.1, 0.15) is 0 Å². The highest BCUT2D eigenvalue weighted by atomic mass is 16.6. The first-order chi connectivity index (χ1) is 15.6. The zero-order valence-corrected chi connectivity index (χ0v) is 18.7. The van der Waals surface area contributed by atoms with Gasteiger partial charge in [0.25, 0.3) is 0 Å². The fourth-order valence-corrected chi connectivity index (χ4v) is 0. The second kappa shape index (κ2) is 65.5. The summed E-state index contributed by atoms with van der Waals surface area (Å²) in [6, 6.07) is 0. The molecule has 0 atom stereocenters. The van der Waals surface area contributed by atoms with E-state index in [9.17, 15) is 0 Å². The van der Waals surface area contributed by atoms with Crippen LogP contribution in [0.4, 0.5) is 0 Å².